The molecule has 9 heteroatoms. The van der Waals surface area contributed by atoms with E-state index in [1.54, 1.807) is 36.7 Å². The van der Waals surface area contributed by atoms with Crippen molar-refractivity contribution in [2.75, 3.05) is 6.61 Å². The molecule has 0 radical (unpaired) electrons. The zero-order valence-corrected chi connectivity index (χ0v) is 19.5. The number of benzene rings is 2. The fourth-order valence-corrected chi connectivity index (χ4v) is 4.64. The molecule has 4 rings (SSSR count). The van der Waals surface area contributed by atoms with E-state index in [9.17, 15) is 17.6 Å². The van der Waals surface area contributed by atoms with Crippen molar-refractivity contribution >= 4 is 26.6 Å². The third kappa shape index (κ3) is 5.26. The van der Waals surface area contributed by atoms with Crippen LogP contribution in [0.2, 0.25) is 0 Å². The fourth-order valence-electron chi connectivity index (χ4n) is 3.33. The van der Waals surface area contributed by atoms with Gasteiger partial charge in [0.15, 0.2) is 0 Å². The minimum Gasteiger partial charge on any atom is -0.493 e. The molecule has 4 aromatic rings. The molecule has 0 bridgehead atoms. The highest BCUT2D eigenvalue weighted by Crippen LogP contribution is 2.26. The number of nitrogens with zero attached hydrogens (tertiary/aromatic N) is 1. The molecule has 0 atom stereocenters. The molecule has 0 aliphatic heterocycles. The monoisotopic (exact) mass is 481 g/mol. The highest BCUT2D eigenvalue weighted by Gasteiger charge is 2.20. The van der Waals surface area contributed by atoms with Crippen LogP contribution in [0.1, 0.15) is 29.9 Å². The summed E-state index contributed by atoms with van der Waals surface area (Å²) in [4.78, 5) is 19.3. The highest BCUT2D eigenvalue weighted by molar-refractivity contribution is 7.91. The van der Waals surface area contributed by atoms with E-state index in [1.807, 2.05) is 13.8 Å². The van der Waals surface area contributed by atoms with Crippen molar-refractivity contribution in [1.29, 1.82) is 0 Å². The first kappa shape index (κ1) is 23.4. The van der Waals surface area contributed by atoms with Crippen LogP contribution in [0.4, 0.5) is 4.39 Å². The number of carbonyl (C=O) groups excluding carboxylic acids is 1. The van der Waals surface area contributed by atoms with Crippen molar-refractivity contribution in [2.24, 2.45) is 5.92 Å². The third-order valence-electron chi connectivity index (χ3n) is 5.09. The van der Waals surface area contributed by atoms with E-state index in [0.717, 1.165) is 23.0 Å². The summed E-state index contributed by atoms with van der Waals surface area (Å²) in [5.74, 6) is -0.600. The molecule has 0 fully saturated rings. The number of fused-ring (bicyclic) bond motifs is 1. The van der Waals surface area contributed by atoms with Crippen LogP contribution >= 0.6 is 0 Å². The molecule has 0 saturated carbocycles. The van der Waals surface area contributed by atoms with Gasteiger partial charge in [-0.3, -0.25) is 9.78 Å². The smallest absolute Gasteiger partial charge is 0.267 e. The molecule has 7 nitrogen and oxygen atoms in total. The Morgan fingerprint density at radius 1 is 1.09 bits per heavy atom. The van der Waals surface area contributed by atoms with Crippen molar-refractivity contribution < 1.29 is 22.3 Å². The minimum absolute atomic E-state index is 0.0195. The first-order valence-electron chi connectivity index (χ1n) is 10.7. The highest BCUT2D eigenvalue weighted by atomic mass is 32.2. The number of ether oxygens (including phenoxy) is 1. The van der Waals surface area contributed by atoms with E-state index in [2.05, 4.69) is 15.3 Å². The zero-order chi connectivity index (χ0) is 24.3. The van der Waals surface area contributed by atoms with Gasteiger partial charge in [0, 0.05) is 35.9 Å². The zero-order valence-electron chi connectivity index (χ0n) is 18.7. The minimum atomic E-state index is -3.95. The quantitative estimate of drug-likeness (QED) is 0.386. The van der Waals surface area contributed by atoms with Gasteiger partial charge >= 0.3 is 0 Å². The van der Waals surface area contributed by atoms with E-state index in [0.29, 0.717) is 17.9 Å². The van der Waals surface area contributed by atoms with Gasteiger partial charge in [0.1, 0.15) is 17.3 Å². The van der Waals surface area contributed by atoms with Gasteiger partial charge in [-0.1, -0.05) is 26.0 Å². The second kappa shape index (κ2) is 9.64. The molecule has 2 aromatic carbocycles. The number of halogens is 1. The van der Waals surface area contributed by atoms with E-state index in [-0.39, 0.29) is 33.9 Å². The third-order valence-corrected chi connectivity index (χ3v) is 6.84. The topological polar surface area (TPSA) is 101 Å². The Kier molecular flexibility index (Phi) is 6.65. The Morgan fingerprint density at radius 2 is 1.85 bits per heavy atom. The molecule has 0 aliphatic rings. The summed E-state index contributed by atoms with van der Waals surface area (Å²) in [5, 5.41) is 3.63. The Hall–Kier alpha value is -3.72. The van der Waals surface area contributed by atoms with Gasteiger partial charge in [0.05, 0.1) is 16.4 Å². The second-order valence-electron chi connectivity index (χ2n) is 8.30. The first-order chi connectivity index (χ1) is 16.2. The van der Waals surface area contributed by atoms with E-state index in [4.69, 9.17) is 4.74 Å². The first-order valence-corrected chi connectivity index (χ1v) is 12.2. The number of aromatic nitrogens is 2. The summed E-state index contributed by atoms with van der Waals surface area (Å²) in [6, 6.07) is 13.0. The standard InChI is InChI=1S/C25H24FN3O4S/c1-16(2)15-33-20-10-19(26)11-22(12-20)34(31,32)21-5-3-17(4-6-21)13-28-25(30)24-9-18-14-27-8-7-23(18)29-24/h3-12,14,16,29H,13,15H2,1-2H3,(H,28,30). The lowest BCUT2D eigenvalue weighted by Crippen LogP contribution is -2.23. The molecule has 2 heterocycles. The predicted octanol–water partition coefficient (Wildman–Crippen LogP) is 4.50. The summed E-state index contributed by atoms with van der Waals surface area (Å²) in [5.41, 5.74) is 1.93. The molecular weight excluding hydrogens is 457 g/mol. The number of aromatic amines is 1. The molecule has 0 spiro atoms. The van der Waals surface area contributed by atoms with Crippen LogP contribution in [-0.4, -0.2) is 30.9 Å². The maximum absolute atomic E-state index is 14.1. The van der Waals surface area contributed by atoms with Gasteiger partial charge in [-0.15, -0.1) is 0 Å². The van der Waals surface area contributed by atoms with Crippen LogP contribution in [-0.2, 0) is 16.4 Å². The van der Waals surface area contributed by atoms with Gasteiger partial charge in [-0.05, 0) is 47.9 Å². The van der Waals surface area contributed by atoms with Crippen molar-refractivity contribution in [3.8, 4) is 5.75 Å². The van der Waals surface area contributed by atoms with Gasteiger partial charge in [0.25, 0.3) is 5.91 Å². The largest absolute Gasteiger partial charge is 0.493 e. The van der Waals surface area contributed by atoms with Gasteiger partial charge in [-0.2, -0.15) is 0 Å². The maximum atomic E-state index is 14.1. The van der Waals surface area contributed by atoms with Crippen molar-refractivity contribution in [2.45, 2.75) is 30.2 Å². The second-order valence-corrected chi connectivity index (χ2v) is 10.3. The number of sulfone groups is 1. The molecule has 0 aliphatic carbocycles. The van der Waals surface area contributed by atoms with E-state index in [1.165, 1.54) is 18.2 Å². The summed E-state index contributed by atoms with van der Waals surface area (Å²) in [6.07, 6.45) is 3.30. The summed E-state index contributed by atoms with van der Waals surface area (Å²) in [7, 11) is -3.95. The van der Waals surface area contributed by atoms with Crippen LogP contribution in [0.5, 0.6) is 5.75 Å². The molecule has 2 aromatic heterocycles. The number of H-pyrrole nitrogens is 1. The van der Waals surface area contributed by atoms with Crippen LogP contribution in [0.15, 0.2) is 76.8 Å². The summed E-state index contributed by atoms with van der Waals surface area (Å²) in [6.45, 7) is 4.44. The molecule has 0 saturated heterocycles. The molecule has 2 N–H and O–H groups in total. The number of rotatable bonds is 8. The van der Waals surface area contributed by atoms with Gasteiger partial charge in [0.2, 0.25) is 9.84 Å². The number of hydrogen-bond donors (Lipinski definition) is 2. The lowest BCUT2D eigenvalue weighted by molar-refractivity contribution is 0.0946. The predicted molar refractivity (Wildman–Crippen MR) is 126 cm³/mol. The fraction of sp³-hybridized carbons (Fsp3) is 0.200. The Morgan fingerprint density at radius 3 is 2.56 bits per heavy atom. The Labute approximate surface area is 196 Å². The van der Waals surface area contributed by atoms with E-state index >= 15 is 0 Å². The number of hydrogen-bond acceptors (Lipinski definition) is 5. The molecular formula is C25H24FN3O4S. The van der Waals surface area contributed by atoms with Crippen LogP contribution < -0.4 is 10.1 Å². The average molecular weight is 482 g/mol. The normalized spacial score (nSPS) is 11.6. The molecule has 176 valence electrons. The number of nitrogens with one attached hydrogen (secondary N) is 2. The summed E-state index contributed by atoms with van der Waals surface area (Å²) < 4.78 is 45.6. The number of pyridine rings is 1. The SMILES string of the molecule is CC(C)COc1cc(F)cc(S(=O)(=O)c2ccc(CNC(=O)c3cc4cnccc4[nH]3)cc2)c1. The van der Waals surface area contributed by atoms with Crippen molar-refractivity contribution in [3.63, 3.8) is 0 Å². The van der Waals surface area contributed by atoms with Gasteiger partial charge in [-0.25, -0.2) is 12.8 Å². The van der Waals surface area contributed by atoms with E-state index < -0.39 is 15.7 Å². The van der Waals surface area contributed by atoms with Gasteiger partial charge < -0.3 is 15.0 Å². The van der Waals surface area contributed by atoms with Crippen LogP contribution in [0, 0.1) is 11.7 Å². The van der Waals surface area contributed by atoms with Crippen LogP contribution in [0.3, 0.4) is 0 Å². The average Bonchev–Trinajstić information content (AvgIpc) is 3.26. The Bertz CT molecular complexity index is 1400. The molecule has 34 heavy (non-hydrogen) atoms. The summed E-state index contributed by atoms with van der Waals surface area (Å²) >= 11 is 0. The molecule has 0 unspecified atom stereocenters. The number of carbonyl (C=O) groups is 1. The molecule has 1 amide bonds. The number of amides is 1. The van der Waals surface area contributed by atoms with Crippen molar-refractivity contribution in [3.05, 3.63) is 84.1 Å². The van der Waals surface area contributed by atoms with Crippen molar-refractivity contribution in [1.82, 2.24) is 15.3 Å². The van der Waals surface area contributed by atoms with Crippen LogP contribution in [0.25, 0.3) is 10.9 Å². The lowest BCUT2D eigenvalue weighted by atomic mass is 10.2. The maximum Gasteiger partial charge on any atom is 0.267 e. The lowest BCUT2D eigenvalue weighted by Gasteiger charge is -2.11. The Balaban J connectivity index is 1.45.